The molecule has 1 N–H and O–H groups in total. The van der Waals surface area contributed by atoms with Crippen LogP contribution in [0.25, 0.3) is 0 Å². The number of esters is 1. The van der Waals surface area contributed by atoms with Gasteiger partial charge in [0.25, 0.3) is 0 Å². The predicted molar refractivity (Wildman–Crippen MR) is 82.7 cm³/mol. The molecular weight excluding hydrogens is 296 g/mol. The first kappa shape index (κ1) is 16.4. The second-order valence-corrected chi connectivity index (χ2v) is 4.92. The van der Waals surface area contributed by atoms with Gasteiger partial charge in [0.05, 0.1) is 6.42 Å². The fourth-order valence-electron chi connectivity index (χ4n) is 2.08. The highest BCUT2D eigenvalue weighted by Gasteiger charge is 2.23. The molecule has 0 unspecified atom stereocenters. The molecule has 23 heavy (non-hydrogen) atoms. The van der Waals surface area contributed by atoms with E-state index in [0.717, 1.165) is 11.1 Å². The Morgan fingerprint density at radius 3 is 1.74 bits per heavy atom. The van der Waals surface area contributed by atoms with Gasteiger partial charge in [-0.25, -0.2) is 4.79 Å². The van der Waals surface area contributed by atoms with Gasteiger partial charge in [-0.1, -0.05) is 60.7 Å². The van der Waals surface area contributed by atoms with E-state index in [1.807, 2.05) is 36.4 Å². The van der Waals surface area contributed by atoms with Crippen molar-refractivity contribution in [1.29, 1.82) is 0 Å². The Kier molecular flexibility index (Phi) is 5.63. The van der Waals surface area contributed by atoms with Crippen molar-refractivity contribution in [3.63, 3.8) is 0 Å². The van der Waals surface area contributed by atoms with Gasteiger partial charge >= 0.3 is 11.9 Å². The molecule has 5 nitrogen and oxygen atoms in total. The number of ether oxygens (including phenoxy) is 1. The number of benzene rings is 2. The van der Waals surface area contributed by atoms with E-state index in [4.69, 9.17) is 9.84 Å². The van der Waals surface area contributed by atoms with E-state index in [-0.39, 0.29) is 6.42 Å². The molecule has 2 aromatic carbocycles. The molecule has 0 spiro atoms. The molecule has 118 valence electrons. The van der Waals surface area contributed by atoms with E-state index in [0.29, 0.717) is 0 Å². The molecule has 0 aromatic heterocycles. The molecule has 0 amide bonds. The number of carbonyl (C=O) groups excluding carboxylic acids is 2. The smallest absolute Gasteiger partial charge is 0.375 e. The number of aliphatic carboxylic acids is 1. The van der Waals surface area contributed by atoms with Gasteiger partial charge < -0.3 is 9.84 Å². The average molecular weight is 312 g/mol. The molecule has 0 radical (unpaired) electrons. The quantitative estimate of drug-likeness (QED) is 0.628. The topological polar surface area (TPSA) is 80.7 Å². The van der Waals surface area contributed by atoms with Crippen LogP contribution in [0.3, 0.4) is 0 Å². The predicted octanol–water partition coefficient (Wildman–Crippen LogP) is 2.75. The molecule has 2 aromatic rings. The SMILES string of the molecule is O=C(O)CCC(=O)C(=O)OC(c1ccccc1)c1ccccc1. The normalized spacial score (nSPS) is 10.3. The van der Waals surface area contributed by atoms with E-state index in [1.54, 1.807) is 24.3 Å². The Hall–Kier alpha value is -2.95. The summed E-state index contributed by atoms with van der Waals surface area (Å²) in [7, 11) is 0. The lowest BCUT2D eigenvalue weighted by Crippen LogP contribution is -2.21. The zero-order valence-corrected chi connectivity index (χ0v) is 12.3. The van der Waals surface area contributed by atoms with Gasteiger partial charge in [-0.15, -0.1) is 0 Å². The number of Topliss-reactive ketones (excluding diaryl/α,β-unsaturated/α-hetero) is 1. The molecule has 0 saturated carbocycles. The van der Waals surface area contributed by atoms with E-state index in [2.05, 4.69) is 0 Å². The summed E-state index contributed by atoms with van der Waals surface area (Å²) < 4.78 is 5.34. The molecular formula is C18H16O5. The number of hydrogen-bond acceptors (Lipinski definition) is 4. The molecule has 5 heteroatoms. The fraction of sp³-hybridized carbons (Fsp3) is 0.167. The minimum atomic E-state index is -1.13. The number of rotatable bonds is 7. The molecule has 0 aliphatic heterocycles. The highest BCUT2D eigenvalue weighted by Crippen LogP contribution is 2.26. The Balaban J connectivity index is 2.17. The van der Waals surface area contributed by atoms with Gasteiger partial charge in [0.1, 0.15) is 0 Å². The first-order valence-electron chi connectivity index (χ1n) is 7.13. The summed E-state index contributed by atoms with van der Waals surface area (Å²) in [5.74, 6) is -3.00. The maximum atomic E-state index is 11.9. The Morgan fingerprint density at radius 1 is 0.826 bits per heavy atom. The fourth-order valence-corrected chi connectivity index (χ4v) is 2.08. The second kappa shape index (κ2) is 7.89. The first-order chi connectivity index (χ1) is 11.1. The third kappa shape index (κ3) is 4.78. The van der Waals surface area contributed by atoms with Crippen molar-refractivity contribution >= 4 is 17.7 Å². The third-order valence-corrected chi connectivity index (χ3v) is 3.22. The van der Waals surface area contributed by atoms with Gasteiger partial charge in [-0.05, 0) is 11.1 Å². The van der Waals surface area contributed by atoms with Crippen LogP contribution in [0.1, 0.15) is 30.1 Å². The molecule has 0 aliphatic carbocycles. The highest BCUT2D eigenvalue weighted by molar-refractivity contribution is 6.33. The number of carboxylic acid groups (broad SMARTS) is 1. The highest BCUT2D eigenvalue weighted by atomic mass is 16.5. The van der Waals surface area contributed by atoms with Crippen LogP contribution in [-0.2, 0) is 19.1 Å². The first-order valence-corrected chi connectivity index (χ1v) is 7.13. The van der Waals surface area contributed by atoms with Crippen molar-refractivity contribution in [2.24, 2.45) is 0 Å². The van der Waals surface area contributed by atoms with Crippen molar-refractivity contribution in [3.8, 4) is 0 Å². The van der Waals surface area contributed by atoms with Crippen LogP contribution in [0.5, 0.6) is 0 Å². The van der Waals surface area contributed by atoms with Crippen LogP contribution >= 0.6 is 0 Å². The molecule has 0 fully saturated rings. The van der Waals surface area contributed by atoms with Crippen molar-refractivity contribution in [2.75, 3.05) is 0 Å². The number of carboxylic acids is 1. The van der Waals surface area contributed by atoms with E-state index in [1.165, 1.54) is 0 Å². The summed E-state index contributed by atoms with van der Waals surface area (Å²) in [5, 5.41) is 8.58. The summed E-state index contributed by atoms with van der Waals surface area (Å²) in [4.78, 5) is 34.1. The third-order valence-electron chi connectivity index (χ3n) is 3.22. The molecule has 0 heterocycles. The number of carbonyl (C=O) groups is 3. The van der Waals surface area contributed by atoms with Crippen LogP contribution in [0, 0.1) is 0 Å². The summed E-state index contributed by atoms with van der Waals surface area (Å²) in [6, 6.07) is 18.1. The summed E-state index contributed by atoms with van der Waals surface area (Å²) >= 11 is 0. The zero-order valence-electron chi connectivity index (χ0n) is 12.3. The van der Waals surface area contributed by atoms with Crippen LogP contribution in [-0.4, -0.2) is 22.8 Å². The van der Waals surface area contributed by atoms with Gasteiger partial charge in [0.15, 0.2) is 6.10 Å². The monoisotopic (exact) mass is 312 g/mol. The van der Waals surface area contributed by atoms with Crippen molar-refractivity contribution in [1.82, 2.24) is 0 Å². The Labute approximate surface area is 133 Å². The number of ketones is 1. The average Bonchev–Trinajstić information content (AvgIpc) is 2.58. The van der Waals surface area contributed by atoms with Gasteiger partial charge in [0, 0.05) is 6.42 Å². The van der Waals surface area contributed by atoms with Gasteiger partial charge in [-0.2, -0.15) is 0 Å². The van der Waals surface area contributed by atoms with E-state index in [9.17, 15) is 14.4 Å². The molecule has 0 bridgehead atoms. The zero-order chi connectivity index (χ0) is 16.7. The van der Waals surface area contributed by atoms with Crippen molar-refractivity contribution in [3.05, 3.63) is 71.8 Å². The van der Waals surface area contributed by atoms with Crippen LogP contribution < -0.4 is 0 Å². The molecule has 0 aliphatic rings. The summed E-state index contributed by atoms with van der Waals surface area (Å²) in [6.45, 7) is 0. The Bertz CT molecular complexity index is 640. The lowest BCUT2D eigenvalue weighted by molar-refractivity contribution is -0.157. The van der Waals surface area contributed by atoms with Gasteiger partial charge in [0.2, 0.25) is 5.78 Å². The van der Waals surface area contributed by atoms with Crippen LogP contribution in [0.15, 0.2) is 60.7 Å². The molecule has 2 rings (SSSR count). The molecule has 0 saturated heterocycles. The minimum Gasteiger partial charge on any atom is -0.481 e. The van der Waals surface area contributed by atoms with Gasteiger partial charge in [-0.3, -0.25) is 9.59 Å². The lowest BCUT2D eigenvalue weighted by atomic mass is 10.0. The van der Waals surface area contributed by atoms with Crippen LogP contribution in [0.4, 0.5) is 0 Å². The summed E-state index contributed by atoms with van der Waals surface area (Å²) in [6.07, 6.45) is -1.47. The maximum Gasteiger partial charge on any atom is 0.375 e. The van der Waals surface area contributed by atoms with Crippen molar-refractivity contribution < 1.29 is 24.2 Å². The lowest BCUT2D eigenvalue weighted by Gasteiger charge is -2.18. The Morgan fingerprint density at radius 2 is 1.30 bits per heavy atom. The largest absolute Gasteiger partial charge is 0.481 e. The second-order valence-electron chi connectivity index (χ2n) is 4.92. The van der Waals surface area contributed by atoms with Crippen LogP contribution in [0.2, 0.25) is 0 Å². The van der Waals surface area contributed by atoms with Crippen molar-refractivity contribution in [2.45, 2.75) is 18.9 Å². The molecule has 0 atom stereocenters. The van der Waals surface area contributed by atoms with E-state index < -0.39 is 30.2 Å². The number of hydrogen-bond donors (Lipinski definition) is 1. The standard InChI is InChI=1S/C18H16O5/c19-15(11-12-16(20)21)18(22)23-17(13-7-3-1-4-8-13)14-9-5-2-6-10-14/h1-10,17H,11-12H2,(H,20,21). The maximum absolute atomic E-state index is 11.9. The summed E-state index contributed by atoms with van der Waals surface area (Å²) in [5.41, 5.74) is 1.47. The van der Waals surface area contributed by atoms with E-state index >= 15 is 0 Å². The minimum absolute atomic E-state index is 0.371.